The zero-order valence-electron chi connectivity index (χ0n) is 13.6. The SMILES string of the molecule is CCCNCC1CCN(S(=O)(=O)NC(C)CCOC)CC1. The average molecular weight is 321 g/mol. The van der Waals surface area contributed by atoms with Gasteiger partial charge in [-0.2, -0.15) is 17.4 Å². The first-order chi connectivity index (χ1) is 9.99. The highest BCUT2D eigenvalue weighted by atomic mass is 32.2. The van der Waals surface area contributed by atoms with Crippen molar-refractivity contribution in [2.45, 2.75) is 45.6 Å². The summed E-state index contributed by atoms with van der Waals surface area (Å²) in [7, 11) is -1.73. The van der Waals surface area contributed by atoms with E-state index in [0.717, 1.165) is 32.4 Å². The molecule has 0 spiro atoms. The smallest absolute Gasteiger partial charge is 0.279 e. The number of methoxy groups -OCH3 is 1. The Morgan fingerprint density at radius 2 is 2.00 bits per heavy atom. The molecule has 2 N–H and O–H groups in total. The first-order valence-corrected chi connectivity index (χ1v) is 9.40. The molecule has 1 unspecified atom stereocenters. The number of hydrogen-bond acceptors (Lipinski definition) is 4. The minimum atomic E-state index is -3.35. The van der Waals surface area contributed by atoms with Gasteiger partial charge in [-0.1, -0.05) is 6.92 Å². The van der Waals surface area contributed by atoms with Gasteiger partial charge in [0.15, 0.2) is 0 Å². The highest BCUT2D eigenvalue weighted by Crippen LogP contribution is 2.18. The minimum absolute atomic E-state index is 0.0982. The molecule has 0 aromatic carbocycles. The number of nitrogens with zero attached hydrogens (tertiary/aromatic N) is 1. The Hall–Kier alpha value is -0.210. The normalized spacial score (nSPS) is 19.8. The van der Waals surface area contributed by atoms with Gasteiger partial charge in [0, 0.05) is 32.8 Å². The second kappa shape index (κ2) is 9.74. The maximum Gasteiger partial charge on any atom is 0.279 e. The Morgan fingerprint density at radius 3 is 2.57 bits per heavy atom. The second-order valence-electron chi connectivity index (χ2n) is 5.85. The van der Waals surface area contributed by atoms with Gasteiger partial charge in [0.2, 0.25) is 0 Å². The molecule has 21 heavy (non-hydrogen) atoms. The van der Waals surface area contributed by atoms with E-state index in [-0.39, 0.29) is 6.04 Å². The number of nitrogens with one attached hydrogen (secondary N) is 2. The average Bonchev–Trinajstić information content (AvgIpc) is 2.45. The third kappa shape index (κ3) is 7.06. The molecule has 1 heterocycles. The van der Waals surface area contributed by atoms with E-state index in [0.29, 0.717) is 32.0 Å². The molecule has 1 atom stereocenters. The fourth-order valence-corrected chi connectivity index (χ4v) is 3.99. The summed E-state index contributed by atoms with van der Waals surface area (Å²) < 4.78 is 33.9. The molecule has 126 valence electrons. The van der Waals surface area contributed by atoms with Gasteiger partial charge in [0.25, 0.3) is 10.2 Å². The van der Waals surface area contributed by atoms with Crippen LogP contribution in [0.4, 0.5) is 0 Å². The Kier molecular flexibility index (Phi) is 8.73. The Bertz CT molecular complexity index is 368. The lowest BCUT2D eigenvalue weighted by Gasteiger charge is -2.32. The lowest BCUT2D eigenvalue weighted by molar-refractivity contribution is 0.187. The quantitative estimate of drug-likeness (QED) is 0.588. The largest absolute Gasteiger partial charge is 0.385 e. The van der Waals surface area contributed by atoms with Crippen molar-refractivity contribution in [2.24, 2.45) is 5.92 Å². The Balaban J connectivity index is 2.34. The van der Waals surface area contributed by atoms with Gasteiger partial charge in [0.1, 0.15) is 0 Å². The van der Waals surface area contributed by atoms with Crippen LogP contribution in [-0.2, 0) is 14.9 Å². The lowest BCUT2D eigenvalue weighted by Crippen LogP contribution is -2.48. The van der Waals surface area contributed by atoms with Crippen LogP contribution >= 0.6 is 0 Å². The van der Waals surface area contributed by atoms with E-state index in [9.17, 15) is 8.42 Å². The molecule has 0 radical (unpaired) electrons. The third-order valence-corrected chi connectivity index (χ3v) is 5.62. The van der Waals surface area contributed by atoms with Gasteiger partial charge < -0.3 is 10.1 Å². The molecule has 1 saturated heterocycles. The van der Waals surface area contributed by atoms with Gasteiger partial charge in [-0.15, -0.1) is 0 Å². The van der Waals surface area contributed by atoms with Crippen LogP contribution in [0.15, 0.2) is 0 Å². The van der Waals surface area contributed by atoms with Crippen LogP contribution in [0.2, 0.25) is 0 Å². The Labute approximate surface area is 129 Å². The van der Waals surface area contributed by atoms with Crippen molar-refractivity contribution in [3.05, 3.63) is 0 Å². The molecular formula is C14H31N3O3S. The molecule has 0 aromatic heterocycles. The van der Waals surface area contributed by atoms with Crippen molar-refractivity contribution < 1.29 is 13.2 Å². The molecule has 1 rings (SSSR count). The molecule has 0 aromatic rings. The van der Waals surface area contributed by atoms with Crippen molar-refractivity contribution in [1.29, 1.82) is 0 Å². The molecule has 0 aliphatic carbocycles. The van der Waals surface area contributed by atoms with Crippen LogP contribution in [0.25, 0.3) is 0 Å². The summed E-state index contributed by atoms with van der Waals surface area (Å²) in [6.07, 6.45) is 3.69. The monoisotopic (exact) mass is 321 g/mol. The van der Waals surface area contributed by atoms with Crippen LogP contribution in [0.5, 0.6) is 0 Å². The molecule has 0 amide bonds. The number of piperidine rings is 1. The van der Waals surface area contributed by atoms with Crippen LogP contribution in [0.1, 0.15) is 39.5 Å². The summed E-state index contributed by atoms with van der Waals surface area (Å²) in [5, 5.41) is 3.42. The van der Waals surface area contributed by atoms with Crippen LogP contribution in [0.3, 0.4) is 0 Å². The zero-order chi connectivity index (χ0) is 15.7. The molecular weight excluding hydrogens is 290 g/mol. The highest BCUT2D eigenvalue weighted by Gasteiger charge is 2.28. The van der Waals surface area contributed by atoms with Crippen molar-refractivity contribution >= 4 is 10.2 Å². The molecule has 7 heteroatoms. The molecule has 0 bridgehead atoms. The molecule has 1 aliphatic heterocycles. The van der Waals surface area contributed by atoms with Gasteiger partial charge in [-0.25, -0.2) is 0 Å². The van der Waals surface area contributed by atoms with Crippen molar-refractivity contribution in [3.63, 3.8) is 0 Å². The zero-order valence-corrected chi connectivity index (χ0v) is 14.4. The number of ether oxygens (including phenoxy) is 1. The summed E-state index contributed by atoms with van der Waals surface area (Å²) >= 11 is 0. The van der Waals surface area contributed by atoms with Crippen LogP contribution < -0.4 is 10.0 Å². The Morgan fingerprint density at radius 1 is 1.33 bits per heavy atom. The van der Waals surface area contributed by atoms with Gasteiger partial charge in [0.05, 0.1) is 0 Å². The highest BCUT2D eigenvalue weighted by molar-refractivity contribution is 7.87. The first-order valence-electron chi connectivity index (χ1n) is 7.96. The van der Waals surface area contributed by atoms with E-state index in [1.54, 1.807) is 11.4 Å². The number of hydrogen-bond donors (Lipinski definition) is 2. The molecule has 6 nitrogen and oxygen atoms in total. The van der Waals surface area contributed by atoms with E-state index in [4.69, 9.17) is 4.74 Å². The second-order valence-corrected chi connectivity index (χ2v) is 7.55. The molecule has 1 aliphatic rings. The molecule has 0 saturated carbocycles. The molecule has 1 fully saturated rings. The van der Waals surface area contributed by atoms with Crippen molar-refractivity contribution in [1.82, 2.24) is 14.3 Å². The van der Waals surface area contributed by atoms with E-state index in [2.05, 4.69) is 17.0 Å². The summed E-state index contributed by atoms with van der Waals surface area (Å²) in [5.74, 6) is 0.592. The summed E-state index contributed by atoms with van der Waals surface area (Å²) in [6, 6.07) is -0.0982. The predicted octanol–water partition coefficient (Wildman–Crippen LogP) is 0.957. The minimum Gasteiger partial charge on any atom is -0.385 e. The van der Waals surface area contributed by atoms with Gasteiger partial charge in [-0.05, 0) is 51.6 Å². The fraction of sp³-hybridized carbons (Fsp3) is 1.00. The fourth-order valence-electron chi connectivity index (χ4n) is 2.52. The van der Waals surface area contributed by atoms with Crippen molar-refractivity contribution in [3.8, 4) is 0 Å². The van der Waals surface area contributed by atoms with Crippen LogP contribution in [0, 0.1) is 5.92 Å². The van der Waals surface area contributed by atoms with E-state index >= 15 is 0 Å². The predicted molar refractivity (Wildman–Crippen MR) is 85.5 cm³/mol. The van der Waals surface area contributed by atoms with Gasteiger partial charge in [-0.3, -0.25) is 0 Å². The maximum absolute atomic E-state index is 12.3. The third-order valence-electron chi connectivity index (χ3n) is 3.88. The van der Waals surface area contributed by atoms with E-state index < -0.39 is 10.2 Å². The maximum atomic E-state index is 12.3. The topological polar surface area (TPSA) is 70.7 Å². The number of rotatable bonds is 10. The standard InChI is InChI=1S/C14H31N3O3S/c1-4-8-15-12-14-5-9-17(10-6-14)21(18,19)16-13(2)7-11-20-3/h13-16H,4-12H2,1-3H3. The lowest BCUT2D eigenvalue weighted by atomic mass is 9.98. The van der Waals surface area contributed by atoms with E-state index in [1.807, 2.05) is 6.92 Å². The summed E-state index contributed by atoms with van der Waals surface area (Å²) in [5.41, 5.74) is 0. The van der Waals surface area contributed by atoms with Gasteiger partial charge >= 0.3 is 0 Å². The van der Waals surface area contributed by atoms with E-state index in [1.165, 1.54) is 0 Å². The van der Waals surface area contributed by atoms with Crippen LogP contribution in [-0.4, -0.2) is 58.7 Å². The summed E-state index contributed by atoms with van der Waals surface area (Å²) in [4.78, 5) is 0. The van der Waals surface area contributed by atoms with Crippen molar-refractivity contribution in [2.75, 3.05) is 39.9 Å². The summed E-state index contributed by atoms with van der Waals surface area (Å²) in [6.45, 7) is 7.86. The first kappa shape index (κ1) is 18.8.